The Morgan fingerprint density at radius 3 is 2.68 bits per heavy atom. The molecule has 1 aliphatic carbocycles. The summed E-state index contributed by atoms with van der Waals surface area (Å²) in [5.74, 6) is 8.17. The first-order chi connectivity index (χ1) is 13.7. The van der Waals surface area contributed by atoms with Crippen molar-refractivity contribution in [1.82, 2.24) is 4.57 Å². The molecule has 1 aromatic carbocycles. The average Bonchev–Trinajstić information content (AvgIpc) is 3.54. The van der Waals surface area contributed by atoms with Crippen molar-refractivity contribution in [3.63, 3.8) is 0 Å². The van der Waals surface area contributed by atoms with Gasteiger partial charge in [-0.1, -0.05) is 24.0 Å². The molecule has 2 heterocycles. The molecule has 28 heavy (non-hydrogen) atoms. The summed E-state index contributed by atoms with van der Waals surface area (Å²) in [6.45, 7) is 4.70. The molecule has 0 spiro atoms. The van der Waals surface area contributed by atoms with Gasteiger partial charge in [0.1, 0.15) is 5.75 Å². The van der Waals surface area contributed by atoms with Crippen LogP contribution in [-0.2, 0) is 11.3 Å². The fourth-order valence-electron chi connectivity index (χ4n) is 3.43. The highest BCUT2D eigenvalue weighted by Gasteiger charge is 2.17. The third-order valence-corrected chi connectivity index (χ3v) is 5.34. The number of aryl methyl sites for hydroxylation is 1. The molecule has 0 bridgehead atoms. The highest BCUT2D eigenvalue weighted by Crippen LogP contribution is 2.27. The fourth-order valence-corrected chi connectivity index (χ4v) is 3.43. The Labute approximate surface area is 166 Å². The third-order valence-electron chi connectivity index (χ3n) is 5.34. The van der Waals surface area contributed by atoms with E-state index in [1.54, 1.807) is 10.6 Å². The van der Waals surface area contributed by atoms with E-state index < -0.39 is 0 Å². The van der Waals surface area contributed by atoms with Crippen LogP contribution in [0.15, 0.2) is 41.2 Å². The first kappa shape index (κ1) is 18.8. The van der Waals surface area contributed by atoms with E-state index in [0.29, 0.717) is 30.7 Å². The zero-order chi connectivity index (χ0) is 19.3. The molecule has 4 rings (SSSR count). The van der Waals surface area contributed by atoms with Gasteiger partial charge in [-0.2, -0.15) is 0 Å². The highest BCUT2D eigenvalue weighted by molar-refractivity contribution is 5.37. The van der Waals surface area contributed by atoms with Gasteiger partial charge in [0.25, 0.3) is 5.56 Å². The van der Waals surface area contributed by atoms with Crippen molar-refractivity contribution in [3.8, 4) is 17.6 Å². The third kappa shape index (κ3) is 5.05. The van der Waals surface area contributed by atoms with Gasteiger partial charge in [-0.3, -0.25) is 4.79 Å². The van der Waals surface area contributed by atoms with E-state index in [9.17, 15) is 4.79 Å². The second-order valence-corrected chi connectivity index (χ2v) is 7.89. The van der Waals surface area contributed by atoms with Gasteiger partial charge in [0.05, 0.1) is 19.8 Å². The van der Waals surface area contributed by atoms with Gasteiger partial charge >= 0.3 is 0 Å². The maximum atomic E-state index is 12.6. The van der Waals surface area contributed by atoms with Crippen LogP contribution in [-0.4, -0.2) is 24.4 Å². The number of pyridine rings is 1. The smallest absolute Gasteiger partial charge is 0.254 e. The summed E-state index contributed by atoms with van der Waals surface area (Å²) in [6.07, 6.45) is 4.68. The fraction of sp³-hybridized carbons (Fsp3) is 0.458. The van der Waals surface area contributed by atoms with E-state index in [-0.39, 0.29) is 5.56 Å². The van der Waals surface area contributed by atoms with Gasteiger partial charge < -0.3 is 14.0 Å². The van der Waals surface area contributed by atoms with Gasteiger partial charge in [0.15, 0.2) is 0 Å². The molecule has 146 valence electrons. The van der Waals surface area contributed by atoms with Crippen molar-refractivity contribution in [1.29, 1.82) is 0 Å². The summed E-state index contributed by atoms with van der Waals surface area (Å²) in [5, 5.41) is 0. The van der Waals surface area contributed by atoms with Crippen LogP contribution in [0, 0.1) is 30.6 Å². The quantitative estimate of drug-likeness (QED) is 0.745. The number of hydrogen-bond acceptors (Lipinski definition) is 3. The molecule has 4 heteroatoms. The van der Waals surface area contributed by atoms with Crippen LogP contribution in [0.1, 0.15) is 42.5 Å². The molecular formula is C24H27NO3. The molecule has 4 nitrogen and oxygen atoms in total. The van der Waals surface area contributed by atoms with Crippen molar-refractivity contribution in [2.75, 3.05) is 19.8 Å². The highest BCUT2D eigenvalue weighted by atomic mass is 16.5. The van der Waals surface area contributed by atoms with Crippen LogP contribution in [0.4, 0.5) is 0 Å². The van der Waals surface area contributed by atoms with Crippen molar-refractivity contribution in [2.45, 2.75) is 39.2 Å². The maximum absolute atomic E-state index is 12.6. The molecule has 2 aromatic rings. The van der Waals surface area contributed by atoms with Gasteiger partial charge in [0.2, 0.25) is 0 Å². The zero-order valence-electron chi connectivity index (χ0n) is 16.4. The van der Waals surface area contributed by atoms with Gasteiger partial charge in [-0.15, -0.1) is 0 Å². The molecule has 1 aromatic heterocycles. The summed E-state index contributed by atoms with van der Waals surface area (Å²) in [7, 11) is 0. The molecule has 0 radical (unpaired) electrons. The maximum Gasteiger partial charge on any atom is 0.254 e. The van der Waals surface area contributed by atoms with Gasteiger partial charge in [0, 0.05) is 35.8 Å². The minimum Gasteiger partial charge on any atom is -0.493 e. The summed E-state index contributed by atoms with van der Waals surface area (Å²) >= 11 is 0. The number of aromatic nitrogens is 1. The Balaban J connectivity index is 1.40. The second kappa shape index (κ2) is 8.67. The Hall–Kier alpha value is -2.51. The number of hydrogen-bond donors (Lipinski definition) is 0. The number of ether oxygens (including phenoxy) is 2. The topological polar surface area (TPSA) is 40.5 Å². The van der Waals surface area contributed by atoms with Gasteiger partial charge in [-0.25, -0.2) is 0 Å². The number of benzene rings is 1. The van der Waals surface area contributed by atoms with Crippen molar-refractivity contribution >= 4 is 0 Å². The molecule has 1 aliphatic heterocycles. The zero-order valence-corrected chi connectivity index (χ0v) is 16.4. The van der Waals surface area contributed by atoms with Crippen LogP contribution in [0.5, 0.6) is 5.75 Å². The minimum atomic E-state index is -0.0347. The van der Waals surface area contributed by atoms with E-state index >= 15 is 0 Å². The first-order valence-corrected chi connectivity index (χ1v) is 10.2. The Morgan fingerprint density at radius 1 is 1.18 bits per heavy atom. The van der Waals surface area contributed by atoms with E-state index in [2.05, 4.69) is 24.0 Å². The lowest BCUT2D eigenvalue weighted by molar-refractivity contribution is 0.0351. The van der Waals surface area contributed by atoms with E-state index in [1.807, 2.05) is 25.1 Å². The number of rotatable bonds is 5. The standard InChI is InChI=1S/C24H27NO3/c1-18-13-23(28-17-22-3-2-12-27-16-22)14-24(26)25(18)15-21-10-8-20(9-11-21)7-6-19-4-5-19/h8-11,13-14,19,22H,2-5,12,15-17H2,1H3. The molecule has 1 saturated heterocycles. The van der Waals surface area contributed by atoms with Crippen LogP contribution in [0.3, 0.4) is 0 Å². The summed E-state index contributed by atoms with van der Waals surface area (Å²) < 4.78 is 13.1. The predicted molar refractivity (Wildman–Crippen MR) is 110 cm³/mol. The van der Waals surface area contributed by atoms with Crippen LogP contribution >= 0.6 is 0 Å². The molecular weight excluding hydrogens is 350 g/mol. The van der Waals surface area contributed by atoms with Crippen molar-refractivity contribution in [2.24, 2.45) is 11.8 Å². The Kier molecular flexibility index (Phi) is 5.83. The molecule has 2 fully saturated rings. The Bertz CT molecular complexity index is 923. The van der Waals surface area contributed by atoms with Gasteiger partial charge in [-0.05, 0) is 56.4 Å². The molecule has 1 atom stereocenters. The van der Waals surface area contributed by atoms with Crippen LogP contribution in [0.25, 0.3) is 0 Å². The number of nitrogens with zero attached hydrogens (tertiary/aromatic N) is 1. The largest absolute Gasteiger partial charge is 0.493 e. The molecule has 0 amide bonds. The Morgan fingerprint density at radius 2 is 2.00 bits per heavy atom. The summed E-state index contributed by atoms with van der Waals surface area (Å²) in [4.78, 5) is 12.6. The van der Waals surface area contributed by atoms with Crippen LogP contribution in [0.2, 0.25) is 0 Å². The summed E-state index contributed by atoms with van der Waals surface area (Å²) in [5.41, 5.74) is 3.00. The lowest BCUT2D eigenvalue weighted by Gasteiger charge is -2.22. The van der Waals surface area contributed by atoms with E-state index in [0.717, 1.165) is 42.9 Å². The average molecular weight is 377 g/mol. The SMILES string of the molecule is Cc1cc(OCC2CCCOC2)cc(=O)n1Cc1ccc(C#CC2CC2)cc1. The van der Waals surface area contributed by atoms with Crippen molar-refractivity contribution in [3.05, 3.63) is 63.6 Å². The predicted octanol–water partition coefficient (Wildman–Crippen LogP) is 3.77. The molecule has 0 N–H and O–H groups in total. The monoisotopic (exact) mass is 377 g/mol. The van der Waals surface area contributed by atoms with E-state index in [1.165, 1.54) is 12.8 Å². The summed E-state index contributed by atoms with van der Waals surface area (Å²) in [6, 6.07) is 11.7. The lowest BCUT2D eigenvalue weighted by Crippen LogP contribution is -2.25. The molecule has 2 aliphatic rings. The minimum absolute atomic E-state index is 0.0347. The first-order valence-electron chi connectivity index (χ1n) is 10.2. The lowest BCUT2D eigenvalue weighted by atomic mass is 10.0. The molecule has 1 saturated carbocycles. The van der Waals surface area contributed by atoms with Crippen molar-refractivity contribution < 1.29 is 9.47 Å². The normalized spacial score (nSPS) is 19.0. The van der Waals surface area contributed by atoms with E-state index in [4.69, 9.17) is 9.47 Å². The second-order valence-electron chi connectivity index (χ2n) is 7.89. The molecule has 1 unspecified atom stereocenters. The van der Waals surface area contributed by atoms with Crippen LogP contribution < -0.4 is 10.3 Å².